The lowest BCUT2D eigenvalue weighted by Gasteiger charge is -2.23. The van der Waals surface area contributed by atoms with Gasteiger partial charge in [0.15, 0.2) is 0 Å². The van der Waals surface area contributed by atoms with Crippen molar-refractivity contribution in [2.45, 2.75) is 51.0 Å². The van der Waals surface area contributed by atoms with Crippen LogP contribution in [0.25, 0.3) is 0 Å². The third kappa shape index (κ3) is 5.31. The van der Waals surface area contributed by atoms with Crippen LogP contribution in [-0.4, -0.2) is 49.1 Å². The van der Waals surface area contributed by atoms with Crippen molar-refractivity contribution in [2.75, 3.05) is 26.3 Å². The van der Waals surface area contributed by atoms with Crippen LogP contribution in [0.2, 0.25) is 0 Å². The second kappa shape index (κ2) is 9.72. The smallest absolute Gasteiger partial charge is 0.225 e. The van der Waals surface area contributed by atoms with Crippen LogP contribution < -0.4 is 5.32 Å². The van der Waals surface area contributed by atoms with Gasteiger partial charge < -0.3 is 15.0 Å². The fourth-order valence-electron chi connectivity index (χ4n) is 3.94. The number of carbonyl (C=O) groups is 2. The number of likely N-dealkylation sites (tertiary alicyclic amines) is 1. The number of rotatable bonds is 9. The highest BCUT2D eigenvalue weighted by Gasteiger charge is 2.38. The maximum absolute atomic E-state index is 12.3. The summed E-state index contributed by atoms with van der Waals surface area (Å²) in [5, 5.41) is 2.97. The van der Waals surface area contributed by atoms with Crippen molar-refractivity contribution in [1.29, 1.82) is 0 Å². The van der Waals surface area contributed by atoms with Crippen LogP contribution in [0.4, 0.5) is 0 Å². The van der Waals surface area contributed by atoms with Gasteiger partial charge in [-0.15, -0.1) is 0 Å². The van der Waals surface area contributed by atoms with Crippen molar-refractivity contribution in [3.05, 3.63) is 35.9 Å². The van der Waals surface area contributed by atoms with E-state index in [1.54, 1.807) is 0 Å². The third-order valence-corrected chi connectivity index (χ3v) is 5.44. The molecule has 1 atom stereocenters. The summed E-state index contributed by atoms with van der Waals surface area (Å²) in [6, 6.07) is 10.7. The van der Waals surface area contributed by atoms with Crippen molar-refractivity contribution in [1.82, 2.24) is 10.2 Å². The summed E-state index contributed by atoms with van der Waals surface area (Å²) in [4.78, 5) is 26.4. The van der Waals surface area contributed by atoms with Gasteiger partial charge in [0, 0.05) is 32.2 Å². The minimum absolute atomic E-state index is 0.0168. The summed E-state index contributed by atoms with van der Waals surface area (Å²) in [7, 11) is 0. The number of nitrogens with one attached hydrogen (secondary N) is 1. The molecular formula is C21H30N2O3. The van der Waals surface area contributed by atoms with E-state index < -0.39 is 0 Å². The summed E-state index contributed by atoms with van der Waals surface area (Å²) in [5.41, 5.74) is 1.28. The minimum atomic E-state index is -0.179. The van der Waals surface area contributed by atoms with Gasteiger partial charge in [0.05, 0.1) is 12.5 Å². The summed E-state index contributed by atoms with van der Waals surface area (Å²) in [6.07, 6.45) is 6.68. The molecule has 1 heterocycles. The molecule has 1 aromatic carbocycles. The Kier molecular flexibility index (Phi) is 7.06. The van der Waals surface area contributed by atoms with Gasteiger partial charge in [-0.25, -0.2) is 0 Å². The second-order valence-corrected chi connectivity index (χ2v) is 7.38. The van der Waals surface area contributed by atoms with E-state index in [-0.39, 0.29) is 17.7 Å². The zero-order valence-corrected chi connectivity index (χ0v) is 15.5. The molecule has 2 fully saturated rings. The molecule has 1 saturated heterocycles. The van der Waals surface area contributed by atoms with Crippen molar-refractivity contribution in [2.24, 2.45) is 5.92 Å². The molecule has 2 aliphatic rings. The highest BCUT2D eigenvalue weighted by atomic mass is 16.5. The van der Waals surface area contributed by atoms with Crippen LogP contribution in [0.15, 0.2) is 30.3 Å². The molecule has 1 aromatic rings. The third-order valence-electron chi connectivity index (χ3n) is 5.44. The van der Waals surface area contributed by atoms with Crippen molar-refractivity contribution < 1.29 is 14.3 Å². The summed E-state index contributed by atoms with van der Waals surface area (Å²) < 4.78 is 5.63. The fraction of sp³-hybridized carbons (Fsp3) is 0.619. The summed E-state index contributed by atoms with van der Waals surface area (Å²) in [6.45, 7) is 2.55. The molecule has 0 bridgehead atoms. The van der Waals surface area contributed by atoms with Crippen molar-refractivity contribution in [3.8, 4) is 0 Å². The normalized spacial score (nSPS) is 20.7. The Balaban J connectivity index is 1.25. The van der Waals surface area contributed by atoms with E-state index in [9.17, 15) is 9.59 Å². The molecule has 0 aromatic heterocycles. The minimum Gasteiger partial charge on any atom is -0.381 e. The second-order valence-electron chi connectivity index (χ2n) is 7.38. The number of ether oxygens (including phenoxy) is 1. The van der Waals surface area contributed by atoms with E-state index in [0.29, 0.717) is 38.8 Å². The van der Waals surface area contributed by atoms with Crippen molar-refractivity contribution >= 4 is 11.8 Å². The molecule has 1 N–H and O–H groups in total. The van der Waals surface area contributed by atoms with Gasteiger partial charge in [-0.2, -0.15) is 0 Å². The Bertz CT molecular complexity index is 584. The van der Waals surface area contributed by atoms with E-state index in [1.165, 1.54) is 18.4 Å². The molecule has 2 amide bonds. The van der Waals surface area contributed by atoms with Crippen LogP contribution >= 0.6 is 0 Å². The fourth-order valence-corrected chi connectivity index (χ4v) is 3.94. The molecule has 0 unspecified atom stereocenters. The molecule has 1 aliphatic heterocycles. The summed E-state index contributed by atoms with van der Waals surface area (Å²) in [5.74, 6) is -0.00785. The molecule has 5 nitrogen and oxygen atoms in total. The first kappa shape index (κ1) is 18.9. The average molecular weight is 358 g/mol. The van der Waals surface area contributed by atoms with E-state index in [1.807, 2.05) is 23.1 Å². The van der Waals surface area contributed by atoms with E-state index in [0.717, 1.165) is 25.7 Å². The highest BCUT2D eigenvalue weighted by Crippen LogP contribution is 2.29. The Morgan fingerprint density at radius 3 is 2.69 bits per heavy atom. The lowest BCUT2D eigenvalue weighted by Crippen LogP contribution is -2.37. The molecule has 142 valence electrons. The SMILES string of the molecule is O=C(NCCCOCCc1ccccc1)[C@H]1CC(=O)N(C2CCCC2)C1. The highest BCUT2D eigenvalue weighted by molar-refractivity contribution is 5.89. The predicted molar refractivity (Wildman–Crippen MR) is 101 cm³/mol. The molecule has 3 rings (SSSR count). The van der Waals surface area contributed by atoms with Gasteiger partial charge in [0.2, 0.25) is 11.8 Å². The number of carbonyl (C=O) groups excluding carboxylic acids is 2. The van der Waals surface area contributed by atoms with Gasteiger partial charge in [-0.05, 0) is 31.2 Å². The lowest BCUT2D eigenvalue weighted by atomic mass is 10.1. The molecule has 26 heavy (non-hydrogen) atoms. The molecule has 1 saturated carbocycles. The molecule has 5 heteroatoms. The Morgan fingerprint density at radius 1 is 1.15 bits per heavy atom. The lowest BCUT2D eigenvalue weighted by molar-refractivity contribution is -0.130. The zero-order valence-electron chi connectivity index (χ0n) is 15.5. The first-order valence-corrected chi connectivity index (χ1v) is 9.93. The molecular weight excluding hydrogens is 328 g/mol. The Morgan fingerprint density at radius 2 is 1.92 bits per heavy atom. The van der Waals surface area contributed by atoms with Gasteiger partial charge >= 0.3 is 0 Å². The van der Waals surface area contributed by atoms with Crippen LogP contribution in [0.1, 0.15) is 44.1 Å². The number of hydrogen-bond acceptors (Lipinski definition) is 3. The standard InChI is InChI=1S/C21H30N2O3/c24-20-15-18(16-23(20)19-9-4-5-10-19)21(25)22-12-6-13-26-14-11-17-7-2-1-3-8-17/h1-3,7-8,18-19H,4-6,9-16H2,(H,22,25)/t18-/m0/s1. The van der Waals surface area contributed by atoms with Gasteiger partial charge in [-0.1, -0.05) is 43.2 Å². The van der Waals surface area contributed by atoms with Crippen LogP contribution in [-0.2, 0) is 20.7 Å². The van der Waals surface area contributed by atoms with Crippen LogP contribution in [0.3, 0.4) is 0 Å². The first-order valence-electron chi connectivity index (χ1n) is 9.93. The topological polar surface area (TPSA) is 58.6 Å². The van der Waals surface area contributed by atoms with Crippen LogP contribution in [0, 0.1) is 5.92 Å². The maximum Gasteiger partial charge on any atom is 0.225 e. The number of nitrogens with zero attached hydrogens (tertiary/aromatic N) is 1. The maximum atomic E-state index is 12.3. The van der Waals surface area contributed by atoms with Gasteiger partial charge in [-0.3, -0.25) is 9.59 Å². The van der Waals surface area contributed by atoms with E-state index in [2.05, 4.69) is 17.4 Å². The number of amides is 2. The molecule has 1 aliphatic carbocycles. The van der Waals surface area contributed by atoms with Gasteiger partial charge in [0.25, 0.3) is 0 Å². The number of benzene rings is 1. The van der Waals surface area contributed by atoms with Gasteiger partial charge in [0.1, 0.15) is 0 Å². The Labute approximate surface area is 156 Å². The number of hydrogen-bond donors (Lipinski definition) is 1. The first-order chi connectivity index (χ1) is 12.7. The molecule has 0 radical (unpaired) electrons. The van der Waals surface area contributed by atoms with E-state index in [4.69, 9.17) is 4.74 Å². The predicted octanol–water partition coefficient (Wildman–Crippen LogP) is 2.54. The van der Waals surface area contributed by atoms with Crippen LogP contribution in [0.5, 0.6) is 0 Å². The summed E-state index contributed by atoms with van der Waals surface area (Å²) >= 11 is 0. The average Bonchev–Trinajstić information content (AvgIpc) is 3.31. The van der Waals surface area contributed by atoms with E-state index >= 15 is 0 Å². The zero-order chi connectivity index (χ0) is 18.2. The monoisotopic (exact) mass is 358 g/mol. The quantitative estimate of drug-likeness (QED) is 0.690. The molecule has 0 spiro atoms. The largest absolute Gasteiger partial charge is 0.381 e. The Hall–Kier alpha value is -1.88. The van der Waals surface area contributed by atoms with Crippen molar-refractivity contribution in [3.63, 3.8) is 0 Å².